The molecule has 0 amide bonds. The fourth-order valence-electron chi connectivity index (χ4n) is 0.856. The summed E-state index contributed by atoms with van der Waals surface area (Å²) in [5, 5.41) is 0. The molecule has 12 heavy (non-hydrogen) atoms. The van der Waals surface area contributed by atoms with Crippen molar-refractivity contribution in [2.24, 2.45) is 5.73 Å². The van der Waals surface area contributed by atoms with E-state index in [9.17, 15) is 0 Å². The van der Waals surface area contributed by atoms with Crippen LogP contribution >= 0.6 is 24.8 Å². The van der Waals surface area contributed by atoms with E-state index in [4.69, 9.17) is 5.73 Å². The lowest BCUT2D eigenvalue weighted by Crippen LogP contribution is -2.00. The topological polar surface area (TPSA) is 38.9 Å². The van der Waals surface area contributed by atoms with Crippen molar-refractivity contribution in [3.8, 4) is 0 Å². The fraction of sp³-hybridized carbons (Fsp3) is 0.375. The third kappa shape index (κ3) is 5.35. The van der Waals surface area contributed by atoms with E-state index in [1.54, 1.807) is 0 Å². The zero-order valence-electron chi connectivity index (χ0n) is 6.77. The molecule has 4 heteroatoms. The van der Waals surface area contributed by atoms with Gasteiger partial charge in [-0.15, -0.1) is 24.8 Å². The predicted octanol–water partition coefficient (Wildman–Crippen LogP) is 1.82. The molecule has 70 valence electrons. The summed E-state index contributed by atoms with van der Waals surface area (Å²) in [5.41, 5.74) is 6.68. The Morgan fingerprint density at radius 1 is 1.17 bits per heavy atom. The van der Waals surface area contributed by atoms with E-state index in [1.807, 2.05) is 24.5 Å². The van der Waals surface area contributed by atoms with Crippen molar-refractivity contribution in [2.75, 3.05) is 6.54 Å². The van der Waals surface area contributed by atoms with Crippen LogP contribution in [-0.4, -0.2) is 11.5 Å². The van der Waals surface area contributed by atoms with Gasteiger partial charge in [-0.3, -0.25) is 4.98 Å². The second kappa shape index (κ2) is 8.78. The normalized spacial score (nSPS) is 8.08. The molecule has 0 radical (unpaired) electrons. The first-order valence-electron chi connectivity index (χ1n) is 3.52. The molecule has 0 saturated carbocycles. The maximum Gasteiger partial charge on any atom is 0.0270 e. The highest BCUT2D eigenvalue weighted by Crippen LogP contribution is 1.98. The average molecular weight is 209 g/mol. The van der Waals surface area contributed by atoms with Gasteiger partial charge in [-0.2, -0.15) is 0 Å². The van der Waals surface area contributed by atoms with Crippen LogP contribution in [0.3, 0.4) is 0 Å². The van der Waals surface area contributed by atoms with Crippen LogP contribution < -0.4 is 5.73 Å². The van der Waals surface area contributed by atoms with Crippen molar-refractivity contribution < 1.29 is 0 Å². The number of rotatable bonds is 3. The van der Waals surface area contributed by atoms with Gasteiger partial charge in [-0.25, -0.2) is 0 Å². The maximum atomic E-state index is 5.36. The Labute approximate surface area is 85.4 Å². The number of halogens is 2. The van der Waals surface area contributed by atoms with Gasteiger partial charge in [-0.05, 0) is 37.1 Å². The molecule has 0 bridgehead atoms. The molecule has 0 spiro atoms. The van der Waals surface area contributed by atoms with Gasteiger partial charge in [0.15, 0.2) is 0 Å². The minimum absolute atomic E-state index is 0. The molecular weight excluding hydrogens is 195 g/mol. The Bertz CT molecular complexity index is 180. The van der Waals surface area contributed by atoms with E-state index in [-0.39, 0.29) is 24.8 Å². The molecule has 2 nitrogen and oxygen atoms in total. The molecule has 0 fully saturated rings. The monoisotopic (exact) mass is 208 g/mol. The Hall–Kier alpha value is -0.310. The van der Waals surface area contributed by atoms with Crippen LogP contribution in [0.25, 0.3) is 0 Å². The van der Waals surface area contributed by atoms with Crippen molar-refractivity contribution in [1.82, 2.24) is 4.98 Å². The van der Waals surface area contributed by atoms with Crippen molar-refractivity contribution in [2.45, 2.75) is 12.8 Å². The van der Waals surface area contributed by atoms with E-state index in [2.05, 4.69) is 4.98 Å². The summed E-state index contributed by atoms with van der Waals surface area (Å²) in [4.78, 5) is 3.92. The summed E-state index contributed by atoms with van der Waals surface area (Å²) in [6.07, 6.45) is 5.75. The lowest BCUT2D eigenvalue weighted by Gasteiger charge is -1.96. The number of hydrogen-bond acceptors (Lipinski definition) is 2. The number of aryl methyl sites for hydroxylation is 1. The molecule has 0 aliphatic heterocycles. The van der Waals surface area contributed by atoms with Gasteiger partial charge in [0.1, 0.15) is 0 Å². The van der Waals surface area contributed by atoms with E-state index < -0.39 is 0 Å². The fourth-order valence-corrected chi connectivity index (χ4v) is 0.856. The number of nitrogens with zero attached hydrogens (tertiary/aromatic N) is 1. The number of aromatic nitrogens is 1. The number of pyridine rings is 1. The minimum Gasteiger partial charge on any atom is -0.330 e. The Morgan fingerprint density at radius 3 is 2.25 bits per heavy atom. The van der Waals surface area contributed by atoms with Gasteiger partial charge < -0.3 is 5.73 Å². The smallest absolute Gasteiger partial charge is 0.0270 e. The molecule has 0 atom stereocenters. The molecule has 1 aromatic heterocycles. The molecule has 0 aliphatic carbocycles. The van der Waals surface area contributed by atoms with Gasteiger partial charge in [0.05, 0.1) is 0 Å². The third-order valence-corrected chi connectivity index (χ3v) is 1.42. The van der Waals surface area contributed by atoms with E-state index in [0.717, 1.165) is 19.4 Å². The average Bonchev–Trinajstić information content (AvgIpc) is 2.03. The maximum absolute atomic E-state index is 5.36. The van der Waals surface area contributed by atoms with E-state index >= 15 is 0 Å². The van der Waals surface area contributed by atoms with Crippen LogP contribution in [0.2, 0.25) is 0 Å². The zero-order chi connectivity index (χ0) is 7.23. The summed E-state index contributed by atoms with van der Waals surface area (Å²) in [5.74, 6) is 0. The lowest BCUT2D eigenvalue weighted by atomic mass is 10.1. The first-order chi connectivity index (χ1) is 4.93. The first-order valence-corrected chi connectivity index (χ1v) is 3.52. The molecule has 0 aliphatic rings. The predicted molar refractivity (Wildman–Crippen MR) is 56.1 cm³/mol. The van der Waals surface area contributed by atoms with Crippen LogP contribution in [0.15, 0.2) is 24.5 Å². The molecule has 1 rings (SSSR count). The standard InChI is InChI=1S/C8H12N2.2ClH/c9-5-1-2-8-3-6-10-7-4-8;;/h3-4,6-7H,1-2,5,9H2;2*1H. The highest BCUT2D eigenvalue weighted by atomic mass is 35.5. The SMILES string of the molecule is Cl.Cl.NCCCc1ccncc1. The van der Waals surface area contributed by atoms with Crippen LogP contribution in [-0.2, 0) is 6.42 Å². The summed E-state index contributed by atoms with van der Waals surface area (Å²) in [7, 11) is 0. The van der Waals surface area contributed by atoms with E-state index in [1.165, 1.54) is 5.56 Å². The molecule has 1 heterocycles. The summed E-state index contributed by atoms with van der Waals surface area (Å²) >= 11 is 0. The summed E-state index contributed by atoms with van der Waals surface area (Å²) < 4.78 is 0. The molecule has 0 unspecified atom stereocenters. The van der Waals surface area contributed by atoms with Crippen molar-refractivity contribution in [3.63, 3.8) is 0 Å². The van der Waals surface area contributed by atoms with Gasteiger partial charge in [0, 0.05) is 12.4 Å². The van der Waals surface area contributed by atoms with Crippen LogP contribution in [0.5, 0.6) is 0 Å². The minimum atomic E-state index is 0. The first kappa shape index (κ1) is 14.2. The molecule has 0 saturated heterocycles. The highest BCUT2D eigenvalue weighted by molar-refractivity contribution is 5.85. The van der Waals surface area contributed by atoms with Gasteiger partial charge in [0.2, 0.25) is 0 Å². The van der Waals surface area contributed by atoms with Gasteiger partial charge in [-0.1, -0.05) is 0 Å². The van der Waals surface area contributed by atoms with Crippen LogP contribution in [0.1, 0.15) is 12.0 Å². The lowest BCUT2D eigenvalue weighted by molar-refractivity contribution is 0.831. The molecule has 1 aromatic rings. The Balaban J connectivity index is 0. The van der Waals surface area contributed by atoms with Gasteiger partial charge in [0.25, 0.3) is 0 Å². The molecular formula is C8H14Cl2N2. The third-order valence-electron chi connectivity index (χ3n) is 1.42. The van der Waals surface area contributed by atoms with E-state index in [0.29, 0.717) is 0 Å². The number of nitrogens with two attached hydrogens (primary N) is 1. The molecule has 0 aromatic carbocycles. The quantitative estimate of drug-likeness (QED) is 0.824. The molecule has 2 N–H and O–H groups in total. The second-order valence-corrected chi connectivity index (χ2v) is 2.25. The highest BCUT2D eigenvalue weighted by Gasteiger charge is 1.88. The largest absolute Gasteiger partial charge is 0.330 e. The number of hydrogen-bond donors (Lipinski definition) is 1. The van der Waals surface area contributed by atoms with Crippen molar-refractivity contribution in [1.29, 1.82) is 0 Å². The van der Waals surface area contributed by atoms with Crippen molar-refractivity contribution >= 4 is 24.8 Å². The zero-order valence-corrected chi connectivity index (χ0v) is 8.40. The van der Waals surface area contributed by atoms with Crippen LogP contribution in [0, 0.1) is 0 Å². The summed E-state index contributed by atoms with van der Waals surface area (Å²) in [6, 6.07) is 4.05. The summed E-state index contributed by atoms with van der Waals surface area (Å²) in [6.45, 7) is 0.766. The van der Waals surface area contributed by atoms with Crippen molar-refractivity contribution in [3.05, 3.63) is 30.1 Å². The second-order valence-electron chi connectivity index (χ2n) is 2.25. The van der Waals surface area contributed by atoms with Gasteiger partial charge >= 0.3 is 0 Å². The Morgan fingerprint density at radius 2 is 1.75 bits per heavy atom. The van der Waals surface area contributed by atoms with Crippen LogP contribution in [0.4, 0.5) is 0 Å². The Kier molecular flexibility index (Phi) is 10.4.